The first-order valence-corrected chi connectivity index (χ1v) is 20.0. The molecule has 16 heteroatoms. The van der Waals surface area contributed by atoms with Crippen LogP contribution in [0.3, 0.4) is 0 Å². The number of hydrogen-bond acceptors (Lipinski definition) is 15. The summed E-state index contributed by atoms with van der Waals surface area (Å²) in [5.41, 5.74) is -21.5. The van der Waals surface area contributed by atoms with Crippen molar-refractivity contribution < 1.29 is 72.1 Å². The molecule has 3 N–H and O–H groups in total. The minimum atomic E-state index is -2.32. The quantitative estimate of drug-likeness (QED) is 0.192. The standard InChI is InChI=1S/C43H75NO15/c1-26(46)44-38(15)34(11,39(16,51)35(12,23-45)59-43(38,20)53-22)24-54-25-36(13)40(17,55-27(47)31(2,3)4)42(19,57-29(49)33(8,9)10)41(18,56-28(48)32(5,6)7)37(14,58-36)30(50)52-21/h45,51H,23-25H2,1-22H3,(H,44,46)/t34-,35?,36?,37?,38-,39-,40+,41+,42+,43?/m0/s1. The van der Waals surface area contributed by atoms with Crippen LogP contribution < -0.4 is 5.32 Å². The van der Waals surface area contributed by atoms with Gasteiger partial charge in [0.05, 0.1) is 48.6 Å². The summed E-state index contributed by atoms with van der Waals surface area (Å²) in [4.78, 5) is 69.6. The maximum absolute atomic E-state index is 14.3. The number of esters is 4. The van der Waals surface area contributed by atoms with Crippen molar-refractivity contribution in [1.82, 2.24) is 5.32 Å². The maximum Gasteiger partial charge on any atom is 0.342 e. The van der Waals surface area contributed by atoms with E-state index in [4.69, 9.17) is 37.9 Å². The molecule has 0 aliphatic carbocycles. The van der Waals surface area contributed by atoms with Crippen LogP contribution in [-0.2, 0) is 61.9 Å². The third-order valence-electron chi connectivity index (χ3n) is 13.9. The Morgan fingerprint density at radius 1 is 0.610 bits per heavy atom. The number of amides is 1. The number of methoxy groups -OCH3 is 2. The first-order chi connectivity index (χ1) is 26.0. The zero-order valence-corrected chi connectivity index (χ0v) is 39.8. The van der Waals surface area contributed by atoms with Crippen LogP contribution in [0.15, 0.2) is 0 Å². The summed E-state index contributed by atoms with van der Waals surface area (Å²) in [6.07, 6.45) is 0. The molecule has 0 radical (unpaired) electrons. The molecule has 0 spiro atoms. The molecule has 0 aromatic heterocycles. The Morgan fingerprint density at radius 2 is 1.02 bits per heavy atom. The molecule has 0 bridgehead atoms. The van der Waals surface area contributed by atoms with Gasteiger partial charge < -0.3 is 53.4 Å². The smallest absolute Gasteiger partial charge is 0.342 e. The molecule has 0 saturated carbocycles. The van der Waals surface area contributed by atoms with Crippen LogP contribution in [0, 0.1) is 21.7 Å². The van der Waals surface area contributed by atoms with Gasteiger partial charge in [0.25, 0.3) is 0 Å². The predicted molar refractivity (Wildman–Crippen MR) is 216 cm³/mol. The molecule has 1 amide bonds. The van der Waals surface area contributed by atoms with Crippen molar-refractivity contribution in [3.8, 4) is 0 Å². The summed E-state index contributed by atoms with van der Waals surface area (Å²) in [7, 11) is 2.48. The largest absolute Gasteiger partial charge is 0.467 e. The van der Waals surface area contributed by atoms with Gasteiger partial charge >= 0.3 is 23.9 Å². The Bertz CT molecular complexity index is 1660. The van der Waals surface area contributed by atoms with Crippen molar-refractivity contribution in [1.29, 1.82) is 0 Å². The molecule has 4 unspecified atom stereocenters. The van der Waals surface area contributed by atoms with Gasteiger partial charge in [0.1, 0.15) is 22.3 Å². The van der Waals surface area contributed by atoms with Crippen molar-refractivity contribution in [2.24, 2.45) is 21.7 Å². The van der Waals surface area contributed by atoms with Gasteiger partial charge in [0.15, 0.2) is 22.6 Å². The van der Waals surface area contributed by atoms with Gasteiger partial charge in [-0.15, -0.1) is 0 Å². The van der Waals surface area contributed by atoms with E-state index in [1.807, 2.05) is 0 Å². The number of carbonyl (C=O) groups is 5. The highest BCUT2D eigenvalue weighted by Gasteiger charge is 2.83. The number of rotatable bonds is 11. The molecular weight excluding hydrogens is 770 g/mol. The second-order valence-electron chi connectivity index (χ2n) is 21.2. The summed E-state index contributed by atoms with van der Waals surface area (Å²) >= 11 is 0. The molecule has 59 heavy (non-hydrogen) atoms. The SMILES string of the molecule is COC(=O)C1(C)OC(C)(COC[C@]2(C)[C@](C)(O)C(C)(CO)OC(C)(OC)[C@@]2(C)NC(C)=O)[C@@](C)(OC(=O)C(C)(C)C)[C@@](C)(OC(=O)C(C)(C)C)[C@]1(C)OC(=O)C(C)(C)C. The van der Waals surface area contributed by atoms with E-state index in [0.717, 1.165) is 7.11 Å². The minimum absolute atomic E-state index is 0.430. The number of hydrogen-bond donors (Lipinski definition) is 3. The Morgan fingerprint density at radius 3 is 1.37 bits per heavy atom. The van der Waals surface area contributed by atoms with Crippen LogP contribution in [0.25, 0.3) is 0 Å². The van der Waals surface area contributed by atoms with E-state index in [9.17, 15) is 34.2 Å². The molecule has 2 aliphatic rings. The summed E-state index contributed by atoms with van der Waals surface area (Å²) in [5, 5.41) is 26.1. The Balaban J connectivity index is 3.16. The third-order valence-corrected chi connectivity index (χ3v) is 13.9. The van der Waals surface area contributed by atoms with Gasteiger partial charge in [-0.25, -0.2) is 4.79 Å². The van der Waals surface area contributed by atoms with E-state index in [2.05, 4.69) is 5.32 Å². The fourth-order valence-electron chi connectivity index (χ4n) is 8.24. The Labute approximate surface area is 351 Å². The van der Waals surface area contributed by atoms with Crippen LogP contribution in [0.2, 0.25) is 0 Å². The molecule has 0 aromatic carbocycles. The summed E-state index contributed by atoms with van der Waals surface area (Å²) in [6.45, 7) is 28.9. The van der Waals surface area contributed by atoms with Crippen LogP contribution in [0.4, 0.5) is 0 Å². The average molecular weight is 846 g/mol. The molecule has 2 aliphatic heterocycles. The monoisotopic (exact) mass is 846 g/mol. The average Bonchev–Trinajstić information content (AvgIpc) is 3.07. The minimum Gasteiger partial charge on any atom is -0.467 e. The predicted octanol–water partition coefficient (Wildman–Crippen LogP) is 4.56. The zero-order chi connectivity index (χ0) is 46.9. The van der Waals surface area contributed by atoms with E-state index in [0.29, 0.717) is 0 Å². The topological polar surface area (TPSA) is 212 Å². The molecule has 2 heterocycles. The van der Waals surface area contributed by atoms with Crippen molar-refractivity contribution in [3.05, 3.63) is 0 Å². The third kappa shape index (κ3) is 7.81. The maximum atomic E-state index is 14.3. The van der Waals surface area contributed by atoms with Crippen LogP contribution in [-0.4, -0.2) is 125 Å². The van der Waals surface area contributed by atoms with Gasteiger partial charge in [-0.3, -0.25) is 19.2 Å². The zero-order valence-electron chi connectivity index (χ0n) is 39.8. The molecular formula is C43H75NO15. The highest BCUT2D eigenvalue weighted by atomic mass is 16.7. The van der Waals surface area contributed by atoms with Gasteiger partial charge in [0, 0.05) is 14.0 Å². The van der Waals surface area contributed by atoms with Crippen LogP contribution in [0.1, 0.15) is 138 Å². The van der Waals surface area contributed by atoms with Crippen molar-refractivity contribution in [2.75, 3.05) is 34.0 Å². The highest BCUT2D eigenvalue weighted by molar-refractivity contribution is 5.85. The number of ether oxygens (including phenoxy) is 8. The van der Waals surface area contributed by atoms with Crippen molar-refractivity contribution >= 4 is 29.8 Å². The molecule has 10 atom stereocenters. The lowest BCUT2D eigenvalue weighted by Crippen LogP contribution is -2.88. The second kappa shape index (κ2) is 15.5. The molecule has 2 rings (SSSR count). The summed E-state index contributed by atoms with van der Waals surface area (Å²) < 4.78 is 50.4. The second-order valence-corrected chi connectivity index (χ2v) is 21.2. The molecule has 16 nitrogen and oxygen atoms in total. The van der Waals surface area contributed by atoms with E-state index < -0.39 is 122 Å². The first kappa shape index (κ1) is 52.2. The highest BCUT2D eigenvalue weighted by Crippen LogP contribution is 2.62. The number of aliphatic hydroxyl groups is 2. The number of carbonyl (C=O) groups excluding carboxylic acids is 5. The van der Waals surface area contributed by atoms with Crippen molar-refractivity contribution in [2.45, 2.75) is 189 Å². The fraction of sp³-hybridized carbons (Fsp3) is 0.884. The number of aliphatic hydroxyl groups excluding tert-OH is 1. The van der Waals surface area contributed by atoms with E-state index >= 15 is 0 Å². The molecule has 0 aromatic rings. The van der Waals surface area contributed by atoms with E-state index in [-0.39, 0.29) is 0 Å². The summed E-state index contributed by atoms with van der Waals surface area (Å²) in [6, 6.07) is 0. The Hall–Kier alpha value is -2.89. The van der Waals surface area contributed by atoms with Crippen LogP contribution >= 0.6 is 0 Å². The van der Waals surface area contributed by atoms with Crippen molar-refractivity contribution in [3.63, 3.8) is 0 Å². The van der Waals surface area contributed by atoms with Gasteiger partial charge in [-0.05, 0) is 125 Å². The lowest BCUT2D eigenvalue weighted by Gasteiger charge is -2.69. The molecule has 2 saturated heterocycles. The van der Waals surface area contributed by atoms with E-state index in [1.54, 1.807) is 83.1 Å². The number of nitrogens with one attached hydrogen (secondary N) is 1. The first-order valence-electron chi connectivity index (χ1n) is 20.0. The van der Waals surface area contributed by atoms with Gasteiger partial charge in [-0.2, -0.15) is 0 Å². The lowest BCUT2D eigenvalue weighted by molar-refractivity contribution is -0.420. The van der Waals surface area contributed by atoms with Crippen LogP contribution in [0.5, 0.6) is 0 Å². The van der Waals surface area contributed by atoms with Gasteiger partial charge in [0.2, 0.25) is 11.5 Å². The fourth-order valence-corrected chi connectivity index (χ4v) is 8.24. The normalized spacial score (nSPS) is 40.4. The van der Waals surface area contributed by atoms with E-state index in [1.165, 1.54) is 62.5 Å². The molecule has 342 valence electrons. The summed E-state index contributed by atoms with van der Waals surface area (Å²) in [5.74, 6) is -5.57. The lowest BCUT2D eigenvalue weighted by atomic mass is 9.52. The Kier molecular flexibility index (Phi) is 13.7. The van der Waals surface area contributed by atoms with Gasteiger partial charge in [-0.1, -0.05) is 6.92 Å². The molecule has 2 fully saturated rings.